The summed E-state index contributed by atoms with van der Waals surface area (Å²) in [5, 5.41) is 15.1. The molecule has 30 heavy (non-hydrogen) atoms. The molecule has 1 saturated heterocycles. The van der Waals surface area contributed by atoms with E-state index in [2.05, 4.69) is 27.3 Å². The molecule has 0 aliphatic carbocycles. The van der Waals surface area contributed by atoms with Crippen molar-refractivity contribution in [3.63, 3.8) is 0 Å². The van der Waals surface area contributed by atoms with Crippen LogP contribution < -0.4 is 15.8 Å². The second-order valence-electron chi connectivity index (χ2n) is 7.70. The molecule has 3 heterocycles. The highest BCUT2D eigenvalue weighted by molar-refractivity contribution is 7.15. The van der Waals surface area contributed by atoms with Gasteiger partial charge in [-0.25, -0.2) is 0 Å². The smallest absolute Gasteiger partial charge is 0.119 e. The number of methoxy groups -OCH3 is 1. The van der Waals surface area contributed by atoms with Gasteiger partial charge in [0.2, 0.25) is 0 Å². The molecule has 3 N–H and O–H groups in total. The van der Waals surface area contributed by atoms with Crippen molar-refractivity contribution in [2.45, 2.75) is 31.8 Å². The number of rotatable bonds is 7. The fourth-order valence-electron chi connectivity index (χ4n) is 4.08. The highest BCUT2D eigenvalue weighted by atomic mass is 32.1. The number of benzene rings is 1. The van der Waals surface area contributed by atoms with Crippen LogP contribution in [0.3, 0.4) is 0 Å². The summed E-state index contributed by atoms with van der Waals surface area (Å²) in [4.78, 5) is 8.22. The summed E-state index contributed by atoms with van der Waals surface area (Å²) in [5.41, 5.74) is 8.44. The lowest BCUT2D eigenvalue weighted by Crippen LogP contribution is -2.42. The van der Waals surface area contributed by atoms with E-state index in [0.717, 1.165) is 72.7 Å². The van der Waals surface area contributed by atoms with Gasteiger partial charge in [-0.15, -0.1) is 11.3 Å². The highest BCUT2D eigenvalue weighted by Gasteiger charge is 2.20. The molecule has 0 saturated carbocycles. The predicted octanol–water partition coefficient (Wildman–Crippen LogP) is 3.56. The first-order valence-corrected chi connectivity index (χ1v) is 11.1. The van der Waals surface area contributed by atoms with Crippen molar-refractivity contribution < 1.29 is 4.74 Å². The van der Waals surface area contributed by atoms with Gasteiger partial charge in [-0.1, -0.05) is 0 Å². The average molecular weight is 422 g/mol. The van der Waals surface area contributed by atoms with Crippen molar-refractivity contribution >= 4 is 27.2 Å². The van der Waals surface area contributed by atoms with Gasteiger partial charge in [-0.05, 0) is 68.2 Å². The van der Waals surface area contributed by atoms with Crippen LogP contribution in [-0.4, -0.2) is 42.7 Å². The lowest BCUT2D eigenvalue weighted by Gasteiger charge is -2.32. The number of ether oxygens (including phenoxy) is 1. The van der Waals surface area contributed by atoms with Crippen molar-refractivity contribution in [3.05, 3.63) is 52.5 Å². The molecule has 4 rings (SSSR count). The number of piperidine rings is 1. The van der Waals surface area contributed by atoms with Crippen LogP contribution in [0, 0.1) is 11.3 Å². The number of thiophene rings is 1. The summed E-state index contributed by atoms with van der Waals surface area (Å²) in [5.74, 6) is 0.792. The molecule has 0 unspecified atom stereocenters. The lowest BCUT2D eigenvalue weighted by atomic mass is 9.99. The molecule has 2 aromatic heterocycles. The molecule has 156 valence electrons. The van der Waals surface area contributed by atoms with E-state index in [9.17, 15) is 5.26 Å². The van der Waals surface area contributed by atoms with E-state index in [4.69, 9.17) is 10.5 Å². The van der Waals surface area contributed by atoms with Crippen molar-refractivity contribution in [3.8, 4) is 11.8 Å². The Bertz CT molecular complexity index is 1050. The van der Waals surface area contributed by atoms with Crippen LogP contribution in [0.5, 0.6) is 5.75 Å². The first kappa shape index (κ1) is 20.6. The van der Waals surface area contributed by atoms with E-state index >= 15 is 0 Å². The summed E-state index contributed by atoms with van der Waals surface area (Å²) in [6.07, 6.45) is 4.80. The highest BCUT2D eigenvalue weighted by Crippen LogP contribution is 2.26. The fourth-order valence-corrected chi connectivity index (χ4v) is 4.81. The average Bonchev–Trinajstić information content (AvgIpc) is 3.21. The zero-order valence-corrected chi connectivity index (χ0v) is 18.0. The van der Waals surface area contributed by atoms with Crippen LogP contribution >= 0.6 is 11.3 Å². The molecule has 0 spiro atoms. The normalized spacial score (nSPS) is 15.3. The quantitative estimate of drug-likeness (QED) is 0.607. The monoisotopic (exact) mass is 421 g/mol. The SMILES string of the molecule is COc1ccc2ncc(C#N)c(CCN3CCC(NCc4ccc(N)s4)CC3)c2c1. The van der Waals surface area contributed by atoms with Crippen LogP contribution in [0.4, 0.5) is 5.00 Å². The topological polar surface area (TPSA) is 87.2 Å². The third-order valence-corrected chi connectivity index (χ3v) is 6.73. The summed E-state index contributed by atoms with van der Waals surface area (Å²) in [6.45, 7) is 3.97. The molecular weight excluding hydrogens is 394 g/mol. The molecule has 7 heteroatoms. The summed E-state index contributed by atoms with van der Waals surface area (Å²) in [7, 11) is 1.66. The summed E-state index contributed by atoms with van der Waals surface area (Å²) < 4.78 is 5.38. The summed E-state index contributed by atoms with van der Waals surface area (Å²) >= 11 is 1.65. The Balaban J connectivity index is 1.35. The second-order valence-corrected chi connectivity index (χ2v) is 8.90. The van der Waals surface area contributed by atoms with Crippen LogP contribution in [-0.2, 0) is 13.0 Å². The Hall–Kier alpha value is -2.66. The molecule has 1 aliphatic rings. The minimum Gasteiger partial charge on any atom is -0.497 e. The third-order valence-electron chi connectivity index (χ3n) is 5.82. The lowest BCUT2D eigenvalue weighted by molar-refractivity contribution is 0.199. The van der Waals surface area contributed by atoms with Crippen molar-refractivity contribution in [1.29, 1.82) is 5.26 Å². The van der Waals surface area contributed by atoms with Gasteiger partial charge in [0.15, 0.2) is 0 Å². The zero-order chi connectivity index (χ0) is 20.9. The van der Waals surface area contributed by atoms with Gasteiger partial charge >= 0.3 is 0 Å². The number of nitrogens with two attached hydrogens (primary N) is 1. The number of nitrogen functional groups attached to an aromatic ring is 1. The largest absolute Gasteiger partial charge is 0.497 e. The number of hydrogen-bond acceptors (Lipinski definition) is 7. The number of nitrogens with one attached hydrogen (secondary N) is 1. The fraction of sp³-hybridized carbons (Fsp3) is 0.391. The molecule has 3 aromatic rings. The maximum atomic E-state index is 9.58. The van der Waals surface area contributed by atoms with E-state index in [1.807, 2.05) is 24.3 Å². The number of hydrogen-bond donors (Lipinski definition) is 2. The molecule has 0 amide bonds. The third kappa shape index (κ3) is 4.73. The van der Waals surface area contributed by atoms with E-state index in [1.165, 1.54) is 4.88 Å². The zero-order valence-electron chi connectivity index (χ0n) is 17.2. The van der Waals surface area contributed by atoms with Crippen LogP contribution in [0.15, 0.2) is 36.5 Å². The minimum atomic E-state index is 0.547. The van der Waals surface area contributed by atoms with Gasteiger partial charge < -0.3 is 20.7 Å². The molecule has 0 atom stereocenters. The number of fused-ring (bicyclic) bond motifs is 1. The molecule has 1 fully saturated rings. The Morgan fingerprint density at radius 1 is 1.30 bits per heavy atom. The maximum Gasteiger partial charge on any atom is 0.119 e. The van der Waals surface area contributed by atoms with Gasteiger partial charge in [-0.3, -0.25) is 4.98 Å². The number of anilines is 1. The van der Waals surface area contributed by atoms with Gasteiger partial charge in [0.25, 0.3) is 0 Å². The Morgan fingerprint density at radius 3 is 2.83 bits per heavy atom. The minimum absolute atomic E-state index is 0.547. The van der Waals surface area contributed by atoms with Crippen LogP contribution in [0.1, 0.15) is 28.8 Å². The number of likely N-dealkylation sites (tertiary alicyclic amines) is 1. The molecular formula is C23H27N5OS. The Morgan fingerprint density at radius 2 is 2.13 bits per heavy atom. The second kappa shape index (κ2) is 9.43. The summed E-state index contributed by atoms with van der Waals surface area (Å²) in [6, 6.07) is 12.8. The molecule has 6 nitrogen and oxygen atoms in total. The van der Waals surface area contributed by atoms with Crippen molar-refractivity contribution in [1.82, 2.24) is 15.2 Å². The maximum absolute atomic E-state index is 9.58. The Labute approximate surface area is 181 Å². The van der Waals surface area contributed by atoms with Crippen LogP contribution in [0.25, 0.3) is 10.9 Å². The van der Waals surface area contributed by atoms with E-state index in [1.54, 1.807) is 24.6 Å². The van der Waals surface area contributed by atoms with Gasteiger partial charge in [0.1, 0.15) is 11.8 Å². The Kier molecular flexibility index (Phi) is 6.48. The predicted molar refractivity (Wildman–Crippen MR) is 122 cm³/mol. The van der Waals surface area contributed by atoms with Gasteiger partial charge in [-0.2, -0.15) is 5.26 Å². The number of nitrogens with zero attached hydrogens (tertiary/aromatic N) is 3. The first-order valence-electron chi connectivity index (χ1n) is 10.3. The number of nitriles is 1. The number of pyridine rings is 1. The van der Waals surface area contributed by atoms with E-state index in [0.29, 0.717) is 11.6 Å². The molecule has 1 aliphatic heterocycles. The molecule has 1 aromatic carbocycles. The van der Waals surface area contributed by atoms with Crippen molar-refractivity contribution in [2.24, 2.45) is 0 Å². The van der Waals surface area contributed by atoms with Gasteiger partial charge in [0, 0.05) is 35.6 Å². The van der Waals surface area contributed by atoms with E-state index in [-0.39, 0.29) is 0 Å². The molecule has 0 radical (unpaired) electrons. The van der Waals surface area contributed by atoms with Crippen LogP contribution in [0.2, 0.25) is 0 Å². The molecule has 0 bridgehead atoms. The number of aromatic nitrogens is 1. The van der Waals surface area contributed by atoms with Gasteiger partial charge in [0.05, 0.1) is 23.2 Å². The van der Waals surface area contributed by atoms with Crippen molar-refractivity contribution in [2.75, 3.05) is 32.5 Å². The first-order chi connectivity index (χ1) is 14.7. The van der Waals surface area contributed by atoms with E-state index < -0.39 is 0 Å². The standard InChI is InChI=1S/C23H27N5OS/c1-29-18-2-4-22-21(12-18)20(16(13-24)14-27-22)8-11-28-9-6-17(7-10-28)26-15-19-3-5-23(25)30-19/h2-5,12,14,17,26H,6-11,15,25H2,1H3.